The van der Waals surface area contributed by atoms with Gasteiger partial charge in [0.1, 0.15) is 0 Å². The van der Waals surface area contributed by atoms with E-state index in [1.165, 1.54) is 4.90 Å². The number of fused-ring (bicyclic) bond motifs is 5. The number of carbonyl (C=O) groups is 2. The molecule has 0 N–H and O–H groups in total. The summed E-state index contributed by atoms with van der Waals surface area (Å²) >= 11 is 2.28. The van der Waals surface area contributed by atoms with Gasteiger partial charge in [-0.05, 0) is 24.7 Å². The van der Waals surface area contributed by atoms with Crippen LogP contribution in [0.1, 0.15) is 12.8 Å². The minimum absolute atomic E-state index is 0.0169. The van der Waals surface area contributed by atoms with Gasteiger partial charge >= 0.3 is 0 Å². The third-order valence-electron chi connectivity index (χ3n) is 4.08. The molecule has 3 aliphatic rings. The Balaban J connectivity index is 1.83. The van der Waals surface area contributed by atoms with Crippen LogP contribution in [-0.2, 0) is 9.59 Å². The number of hydrogen-bond donors (Lipinski definition) is 0. The number of imide groups is 1. The van der Waals surface area contributed by atoms with Gasteiger partial charge in [-0.25, -0.2) is 0 Å². The van der Waals surface area contributed by atoms with E-state index in [2.05, 4.69) is 34.7 Å². The van der Waals surface area contributed by atoms with Gasteiger partial charge < -0.3 is 0 Å². The second-order valence-corrected chi connectivity index (χ2v) is 5.95. The zero-order valence-corrected chi connectivity index (χ0v) is 11.1. The fraction of sp³-hybridized carbons (Fsp3) is 0.667. The van der Waals surface area contributed by atoms with E-state index in [4.69, 9.17) is 0 Å². The first-order chi connectivity index (χ1) is 7.74. The highest BCUT2D eigenvalue weighted by Gasteiger charge is 2.58. The monoisotopic (exact) mass is 331 g/mol. The molecule has 0 aromatic carbocycles. The largest absolute Gasteiger partial charge is 0.282 e. The van der Waals surface area contributed by atoms with Crippen molar-refractivity contribution in [3.8, 4) is 0 Å². The molecule has 0 aromatic heterocycles. The van der Waals surface area contributed by atoms with Crippen LogP contribution in [-0.4, -0.2) is 27.7 Å². The first kappa shape index (κ1) is 10.7. The van der Waals surface area contributed by atoms with Crippen molar-refractivity contribution in [1.29, 1.82) is 0 Å². The number of nitrogens with zero attached hydrogens (tertiary/aromatic N) is 1. The van der Waals surface area contributed by atoms with Crippen LogP contribution in [0.5, 0.6) is 0 Å². The third kappa shape index (κ3) is 1.31. The van der Waals surface area contributed by atoms with E-state index >= 15 is 0 Å². The van der Waals surface area contributed by atoms with Crippen LogP contribution in [0.4, 0.5) is 0 Å². The van der Waals surface area contributed by atoms with Crippen molar-refractivity contribution in [2.45, 2.75) is 12.8 Å². The molecule has 1 saturated carbocycles. The molecule has 3 nitrogen and oxygen atoms in total. The summed E-state index contributed by atoms with van der Waals surface area (Å²) in [4.78, 5) is 25.8. The summed E-state index contributed by atoms with van der Waals surface area (Å²) in [6.07, 6.45) is 6.21. The van der Waals surface area contributed by atoms with Crippen LogP contribution >= 0.6 is 22.6 Å². The van der Waals surface area contributed by atoms with Crippen LogP contribution in [0.2, 0.25) is 0 Å². The fourth-order valence-electron chi connectivity index (χ4n) is 3.40. The average molecular weight is 331 g/mol. The average Bonchev–Trinajstić information content (AvgIpc) is 2.92. The topological polar surface area (TPSA) is 37.4 Å². The molecule has 1 heterocycles. The lowest BCUT2D eigenvalue weighted by Gasteiger charge is -2.16. The Kier molecular flexibility index (Phi) is 2.57. The van der Waals surface area contributed by atoms with Crippen LogP contribution in [0.3, 0.4) is 0 Å². The van der Waals surface area contributed by atoms with Gasteiger partial charge in [-0.1, -0.05) is 34.7 Å². The van der Waals surface area contributed by atoms with Gasteiger partial charge in [-0.2, -0.15) is 0 Å². The molecule has 16 heavy (non-hydrogen) atoms. The van der Waals surface area contributed by atoms with Gasteiger partial charge in [-0.3, -0.25) is 14.5 Å². The Hall–Kier alpha value is -0.390. The van der Waals surface area contributed by atoms with Crippen molar-refractivity contribution in [1.82, 2.24) is 4.90 Å². The minimum Gasteiger partial charge on any atom is -0.282 e. The quantitative estimate of drug-likeness (QED) is 0.341. The summed E-state index contributed by atoms with van der Waals surface area (Å²) < 4.78 is 0.995. The number of alkyl halides is 1. The van der Waals surface area contributed by atoms with E-state index in [-0.39, 0.29) is 23.7 Å². The van der Waals surface area contributed by atoms with Gasteiger partial charge in [-0.15, -0.1) is 0 Å². The lowest BCUT2D eigenvalue weighted by Crippen LogP contribution is -2.33. The smallest absolute Gasteiger partial charge is 0.233 e. The molecule has 0 aromatic rings. The van der Waals surface area contributed by atoms with Crippen molar-refractivity contribution in [2.24, 2.45) is 23.7 Å². The predicted molar refractivity (Wildman–Crippen MR) is 67.9 cm³/mol. The molecule has 4 heteroatoms. The molecule has 2 amide bonds. The number of amides is 2. The van der Waals surface area contributed by atoms with Crippen LogP contribution in [0, 0.1) is 23.7 Å². The van der Waals surface area contributed by atoms with Crippen LogP contribution in [0.15, 0.2) is 12.2 Å². The minimum atomic E-state index is -0.0169. The van der Waals surface area contributed by atoms with Crippen molar-refractivity contribution < 1.29 is 9.59 Å². The van der Waals surface area contributed by atoms with Crippen LogP contribution < -0.4 is 0 Å². The van der Waals surface area contributed by atoms with E-state index in [9.17, 15) is 9.59 Å². The maximum atomic E-state index is 12.2. The molecule has 1 aliphatic heterocycles. The number of halogens is 1. The van der Waals surface area contributed by atoms with Gasteiger partial charge in [0.05, 0.1) is 11.8 Å². The molecule has 4 unspecified atom stereocenters. The van der Waals surface area contributed by atoms with Gasteiger partial charge in [0.15, 0.2) is 0 Å². The Morgan fingerprint density at radius 1 is 1.19 bits per heavy atom. The number of rotatable bonds is 3. The summed E-state index contributed by atoms with van der Waals surface area (Å²) in [6, 6.07) is 0. The molecular weight excluding hydrogens is 317 g/mol. The highest BCUT2D eigenvalue weighted by atomic mass is 127. The Morgan fingerprint density at radius 2 is 1.75 bits per heavy atom. The van der Waals surface area contributed by atoms with Gasteiger partial charge in [0, 0.05) is 11.0 Å². The standard InChI is InChI=1S/C12H14INO2/c13-4-1-5-14-11(15)9-7-2-3-8(6-7)10(9)12(14)16/h2-3,7-10H,1,4-6H2. The maximum Gasteiger partial charge on any atom is 0.233 e. The first-order valence-corrected chi connectivity index (χ1v) is 7.36. The third-order valence-corrected chi connectivity index (χ3v) is 4.84. The van der Waals surface area contributed by atoms with Crippen LogP contribution in [0.25, 0.3) is 0 Å². The summed E-state index contributed by atoms with van der Waals surface area (Å²) in [7, 11) is 0. The fourth-order valence-corrected chi connectivity index (χ4v) is 3.74. The van der Waals surface area contributed by atoms with Crippen molar-refractivity contribution in [3.63, 3.8) is 0 Å². The summed E-state index contributed by atoms with van der Waals surface area (Å²) in [5.74, 6) is 0.842. The molecule has 86 valence electrons. The lowest BCUT2D eigenvalue weighted by molar-refractivity contribution is -0.140. The summed E-state index contributed by atoms with van der Waals surface area (Å²) in [5.41, 5.74) is 0. The van der Waals surface area contributed by atoms with Gasteiger partial charge in [0.25, 0.3) is 0 Å². The van der Waals surface area contributed by atoms with E-state index < -0.39 is 0 Å². The van der Waals surface area contributed by atoms with E-state index in [1.807, 2.05) is 0 Å². The Morgan fingerprint density at radius 3 is 2.25 bits per heavy atom. The number of likely N-dealkylation sites (tertiary alicyclic amines) is 1. The highest BCUT2D eigenvalue weighted by Crippen LogP contribution is 2.52. The van der Waals surface area contributed by atoms with Crippen molar-refractivity contribution in [3.05, 3.63) is 12.2 Å². The molecule has 1 saturated heterocycles. The predicted octanol–water partition coefficient (Wildman–Crippen LogP) is 1.62. The number of carbonyl (C=O) groups excluding carboxylic acids is 2. The highest BCUT2D eigenvalue weighted by molar-refractivity contribution is 14.1. The SMILES string of the molecule is O=C1C2C3C=CC(C3)C2C(=O)N1CCCI. The van der Waals surface area contributed by atoms with E-state index in [1.54, 1.807) is 0 Å². The normalized spacial score (nSPS) is 39.9. The molecule has 0 radical (unpaired) electrons. The van der Waals surface area contributed by atoms with Crippen molar-refractivity contribution in [2.75, 3.05) is 11.0 Å². The van der Waals surface area contributed by atoms with E-state index in [0.29, 0.717) is 18.4 Å². The molecule has 3 rings (SSSR count). The zero-order chi connectivity index (χ0) is 11.3. The van der Waals surface area contributed by atoms with Gasteiger partial charge in [0.2, 0.25) is 11.8 Å². The molecule has 4 atom stereocenters. The number of allylic oxidation sites excluding steroid dienone is 2. The lowest BCUT2D eigenvalue weighted by atomic mass is 9.85. The molecule has 2 bridgehead atoms. The van der Waals surface area contributed by atoms with Crippen molar-refractivity contribution >= 4 is 34.4 Å². The maximum absolute atomic E-state index is 12.2. The molecule has 2 aliphatic carbocycles. The van der Waals surface area contributed by atoms with E-state index in [0.717, 1.165) is 17.3 Å². The molecule has 2 fully saturated rings. The second-order valence-electron chi connectivity index (χ2n) is 4.87. The zero-order valence-electron chi connectivity index (χ0n) is 8.93. The summed E-state index contributed by atoms with van der Waals surface area (Å²) in [5, 5.41) is 0. The first-order valence-electron chi connectivity index (χ1n) is 5.83. The number of hydrogen-bond acceptors (Lipinski definition) is 2. The Labute approximate surface area is 108 Å². The second kappa shape index (κ2) is 3.82. The Bertz CT molecular complexity index is 349. The molecule has 0 spiro atoms. The summed E-state index contributed by atoms with van der Waals surface area (Å²) in [6.45, 7) is 0.618. The molecular formula is C12H14INO2.